The summed E-state index contributed by atoms with van der Waals surface area (Å²) in [6.07, 6.45) is 4.17. The molecule has 0 spiro atoms. The summed E-state index contributed by atoms with van der Waals surface area (Å²) in [6.45, 7) is 5.09. The molecule has 1 fully saturated rings. The van der Waals surface area contributed by atoms with Gasteiger partial charge in [-0.3, -0.25) is 0 Å². The Labute approximate surface area is 115 Å². The molecule has 1 saturated carbocycles. The summed E-state index contributed by atoms with van der Waals surface area (Å²) in [5.74, 6) is 0.876. The standard InChI is InChI=1S/C15H23ClN2/c1-3-17-10-13-14(16)8-5-9-15(13)18(2)11-12-6-4-7-12/h5,8-9,12,17H,3-4,6-7,10-11H2,1-2H3. The lowest BCUT2D eigenvalue weighted by atomic mass is 9.85. The SMILES string of the molecule is CCNCc1c(Cl)cccc1N(C)CC1CCC1. The van der Waals surface area contributed by atoms with Gasteiger partial charge in [-0.05, 0) is 37.4 Å². The number of benzene rings is 1. The molecule has 0 amide bonds. The van der Waals surface area contributed by atoms with E-state index >= 15 is 0 Å². The van der Waals surface area contributed by atoms with Gasteiger partial charge in [-0.1, -0.05) is 31.0 Å². The van der Waals surface area contributed by atoms with Crippen LogP contribution >= 0.6 is 11.6 Å². The van der Waals surface area contributed by atoms with E-state index in [9.17, 15) is 0 Å². The Morgan fingerprint density at radius 2 is 2.17 bits per heavy atom. The minimum absolute atomic E-state index is 0.848. The van der Waals surface area contributed by atoms with Crippen LogP contribution in [0, 0.1) is 5.92 Å². The van der Waals surface area contributed by atoms with E-state index in [1.54, 1.807) is 0 Å². The average Bonchev–Trinajstić information content (AvgIpc) is 2.32. The van der Waals surface area contributed by atoms with Gasteiger partial charge in [0.2, 0.25) is 0 Å². The first kappa shape index (κ1) is 13.7. The lowest BCUT2D eigenvalue weighted by Crippen LogP contribution is -2.30. The number of nitrogens with one attached hydrogen (secondary N) is 1. The van der Waals surface area contributed by atoms with Gasteiger partial charge in [-0.15, -0.1) is 0 Å². The maximum Gasteiger partial charge on any atom is 0.0471 e. The first-order chi connectivity index (χ1) is 8.72. The zero-order valence-corrected chi connectivity index (χ0v) is 12.1. The van der Waals surface area contributed by atoms with E-state index in [4.69, 9.17) is 11.6 Å². The minimum Gasteiger partial charge on any atom is -0.374 e. The minimum atomic E-state index is 0.848. The van der Waals surface area contributed by atoms with Gasteiger partial charge in [0.05, 0.1) is 0 Å². The van der Waals surface area contributed by atoms with Gasteiger partial charge >= 0.3 is 0 Å². The molecule has 2 nitrogen and oxygen atoms in total. The quantitative estimate of drug-likeness (QED) is 0.845. The number of hydrogen-bond acceptors (Lipinski definition) is 2. The topological polar surface area (TPSA) is 15.3 Å². The molecule has 1 aliphatic carbocycles. The van der Waals surface area contributed by atoms with E-state index in [0.717, 1.165) is 30.6 Å². The largest absolute Gasteiger partial charge is 0.374 e. The lowest BCUT2D eigenvalue weighted by Gasteiger charge is -2.32. The van der Waals surface area contributed by atoms with Crippen molar-refractivity contribution in [1.29, 1.82) is 0 Å². The summed E-state index contributed by atoms with van der Waals surface area (Å²) < 4.78 is 0. The molecule has 1 N–H and O–H groups in total. The molecule has 1 aromatic carbocycles. The van der Waals surface area contributed by atoms with Crippen LogP contribution < -0.4 is 10.2 Å². The van der Waals surface area contributed by atoms with Crippen LogP contribution in [-0.4, -0.2) is 20.1 Å². The Morgan fingerprint density at radius 1 is 1.39 bits per heavy atom. The van der Waals surface area contributed by atoms with Crippen molar-refractivity contribution in [2.75, 3.05) is 25.0 Å². The normalized spacial score (nSPS) is 15.5. The summed E-state index contributed by atoms with van der Waals surface area (Å²) in [5, 5.41) is 4.24. The molecule has 100 valence electrons. The number of nitrogens with zero attached hydrogens (tertiary/aromatic N) is 1. The Kier molecular flexibility index (Phi) is 4.90. The highest BCUT2D eigenvalue weighted by molar-refractivity contribution is 6.31. The lowest BCUT2D eigenvalue weighted by molar-refractivity contribution is 0.321. The van der Waals surface area contributed by atoms with Crippen LogP contribution in [0.5, 0.6) is 0 Å². The summed E-state index contributed by atoms with van der Waals surface area (Å²) in [7, 11) is 2.18. The third kappa shape index (κ3) is 3.18. The molecule has 0 radical (unpaired) electrons. The molecule has 2 rings (SSSR count). The number of hydrogen-bond donors (Lipinski definition) is 1. The summed E-state index contributed by atoms with van der Waals surface area (Å²) in [4.78, 5) is 2.36. The van der Waals surface area contributed by atoms with Crippen LogP contribution in [0.15, 0.2) is 18.2 Å². The monoisotopic (exact) mass is 266 g/mol. The Morgan fingerprint density at radius 3 is 2.78 bits per heavy atom. The fourth-order valence-electron chi connectivity index (χ4n) is 2.49. The zero-order chi connectivity index (χ0) is 13.0. The summed E-state index contributed by atoms with van der Waals surface area (Å²) in [5.41, 5.74) is 2.50. The number of rotatable bonds is 6. The van der Waals surface area contributed by atoms with Crippen molar-refractivity contribution in [2.45, 2.75) is 32.7 Å². The molecule has 1 aromatic rings. The van der Waals surface area contributed by atoms with Crippen molar-refractivity contribution >= 4 is 17.3 Å². The smallest absolute Gasteiger partial charge is 0.0471 e. The highest BCUT2D eigenvalue weighted by Crippen LogP contribution is 2.31. The molecule has 0 bridgehead atoms. The second-order valence-corrected chi connectivity index (χ2v) is 5.60. The molecule has 1 aliphatic rings. The maximum atomic E-state index is 6.33. The summed E-state index contributed by atoms with van der Waals surface area (Å²) in [6, 6.07) is 6.20. The van der Waals surface area contributed by atoms with Crippen LogP contribution in [0.4, 0.5) is 5.69 Å². The highest BCUT2D eigenvalue weighted by atomic mass is 35.5. The zero-order valence-electron chi connectivity index (χ0n) is 11.4. The molecule has 0 atom stereocenters. The average molecular weight is 267 g/mol. The highest BCUT2D eigenvalue weighted by Gasteiger charge is 2.20. The Bertz CT molecular complexity index is 388. The van der Waals surface area contributed by atoms with Gasteiger partial charge in [0.1, 0.15) is 0 Å². The van der Waals surface area contributed by atoms with Crippen molar-refractivity contribution in [3.05, 3.63) is 28.8 Å². The van der Waals surface area contributed by atoms with Gasteiger partial charge in [-0.2, -0.15) is 0 Å². The van der Waals surface area contributed by atoms with Gasteiger partial charge < -0.3 is 10.2 Å². The van der Waals surface area contributed by atoms with E-state index in [-0.39, 0.29) is 0 Å². The molecular formula is C15H23ClN2. The first-order valence-corrected chi connectivity index (χ1v) is 7.29. The second kappa shape index (κ2) is 6.44. The van der Waals surface area contributed by atoms with Crippen molar-refractivity contribution in [3.63, 3.8) is 0 Å². The fourth-order valence-corrected chi connectivity index (χ4v) is 2.73. The van der Waals surface area contributed by atoms with Crippen molar-refractivity contribution in [2.24, 2.45) is 5.92 Å². The van der Waals surface area contributed by atoms with E-state index in [2.05, 4.69) is 30.3 Å². The first-order valence-electron chi connectivity index (χ1n) is 6.91. The molecular weight excluding hydrogens is 244 g/mol. The van der Waals surface area contributed by atoms with Gasteiger partial charge in [0.25, 0.3) is 0 Å². The Hall–Kier alpha value is -0.730. The predicted molar refractivity (Wildman–Crippen MR) is 79.4 cm³/mol. The summed E-state index contributed by atoms with van der Waals surface area (Å²) >= 11 is 6.33. The van der Waals surface area contributed by atoms with Crippen molar-refractivity contribution in [3.8, 4) is 0 Å². The van der Waals surface area contributed by atoms with Crippen LogP contribution in [0.25, 0.3) is 0 Å². The fraction of sp³-hybridized carbons (Fsp3) is 0.600. The molecule has 0 aliphatic heterocycles. The van der Waals surface area contributed by atoms with Crippen molar-refractivity contribution < 1.29 is 0 Å². The van der Waals surface area contributed by atoms with E-state index in [0.29, 0.717) is 0 Å². The van der Waals surface area contributed by atoms with E-state index in [1.165, 1.54) is 30.5 Å². The van der Waals surface area contributed by atoms with E-state index in [1.807, 2.05) is 12.1 Å². The van der Waals surface area contributed by atoms with Gasteiger partial charge in [-0.25, -0.2) is 0 Å². The van der Waals surface area contributed by atoms with Crippen LogP contribution in [0.1, 0.15) is 31.7 Å². The van der Waals surface area contributed by atoms with Crippen LogP contribution in [-0.2, 0) is 6.54 Å². The third-order valence-corrected chi connectivity index (χ3v) is 4.17. The molecule has 0 saturated heterocycles. The van der Waals surface area contributed by atoms with Gasteiger partial charge in [0.15, 0.2) is 0 Å². The molecule has 18 heavy (non-hydrogen) atoms. The maximum absolute atomic E-state index is 6.33. The molecule has 0 heterocycles. The molecule has 0 unspecified atom stereocenters. The Balaban J connectivity index is 2.11. The second-order valence-electron chi connectivity index (χ2n) is 5.20. The number of halogens is 1. The predicted octanol–water partition coefficient (Wildman–Crippen LogP) is 3.69. The molecule has 3 heteroatoms. The molecule has 0 aromatic heterocycles. The van der Waals surface area contributed by atoms with Gasteiger partial charge in [0, 0.05) is 36.4 Å². The van der Waals surface area contributed by atoms with E-state index < -0.39 is 0 Å². The third-order valence-electron chi connectivity index (χ3n) is 3.81. The van der Waals surface area contributed by atoms with Crippen LogP contribution in [0.3, 0.4) is 0 Å². The van der Waals surface area contributed by atoms with Crippen molar-refractivity contribution in [1.82, 2.24) is 5.32 Å². The number of anilines is 1. The van der Waals surface area contributed by atoms with Crippen LogP contribution in [0.2, 0.25) is 5.02 Å².